The van der Waals surface area contributed by atoms with Crippen molar-refractivity contribution in [1.82, 2.24) is 20.4 Å². The van der Waals surface area contributed by atoms with Gasteiger partial charge >= 0.3 is 0 Å². The first-order chi connectivity index (χ1) is 18.1. The molecule has 2 saturated carbocycles. The van der Waals surface area contributed by atoms with Crippen molar-refractivity contribution in [3.05, 3.63) is 0 Å². The molecule has 3 heterocycles. The molecule has 0 radical (unpaired) electrons. The van der Waals surface area contributed by atoms with Crippen molar-refractivity contribution in [2.75, 3.05) is 39.3 Å². The Morgan fingerprint density at radius 1 is 0.865 bits per heavy atom. The van der Waals surface area contributed by atoms with Crippen LogP contribution in [0.3, 0.4) is 0 Å². The maximum atomic E-state index is 13.8. The molecule has 0 aromatic carbocycles. The number of amides is 2. The fraction of sp³-hybridized carbons (Fsp3) is 0.933. The number of likely N-dealkylation sites (tertiary alicyclic amines) is 2. The fourth-order valence-electron chi connectivity index (χ4n) is 7.71. The summed E-state index contributed by atoms with van der Waals surface area (Å²) < 4.78 is 0. The van der Waals surface area contributed by atoms with Crippen molar-refractivity contribution in [1.29, 1.82) is 0 Å². The number of piperidine rings is 2. The van der Waals surface area contributed by atoms with E-state index in [1.807, 2.05) is 13.8 Å². The third kappa shape index (κ3) is 7.63. The molecular weight excluding hydrogens is 484 g/mol. The number of hydrogen-bond donors (Lipinski definition) is 2. The summed E-state index contributed by atoms with van der Waals surface area (Å²) >= 11 is 6.38. The van der Waals surface area contributed by atoms with Crippen molar-refractivity contribution in [3.63, 3.8) is 0 Å². The number of fused-ring (bicyclic) bond motifs is 1. The van der Waals surface area contributed by atoms with Gasteiger partial charge < -0.3 is 15.5 Å². The van der Waals surface area contributed by atoms with Gasteiger partial charge in [-0.3, -0.25) is 14.5 Å². The number of carbonyl (C=O) groups excluding carboxylic acids is 2. The van der Waals surface area contributed by atoms with Crippen LogP contribution in [0.15, 0.2) is 0 Å². The van der Waals surface area contributed by atoms with Crippen LogP contribution in [0.25, 0.3) is 0 Å². The standard InChI is InChI=1S/C28H47ClN4O2.C2H6/c29-24-7-5-21(6-8-24)19-33-25-4-2-1-3-23(25)17-26(33)28(35)32-15-11-22(12-16-32)27(34)31-18-20-9-13-30-14-10-20;1-2/h20-26,30H,1-19H2,(H,31,34);1-2H3. The molecule has 3 aliphatic heterocycles. The van der Waals surface area contributed by atoms with Crippen LogP contribution < -0.4 is 10.6 Å². The fourth-order valence-corrected chi connectivity index (χ4v) is 7.96. The molecule has 5 aliphatic rings. The largest absolute Gasteiger partial charge is 0.356 e. The Kier molecular flexibility index (Phi) is 11.4. The number of rotatable bonds is 6. The molecule has 2 N–H and O–H groups in total. The summed E-state index contributed by atoms with van der Waals surface area (Å²) in [6.45, 7) is 9.49. The van der Waals surface area contributed by atoms with Gasteiger partial charge in [0.1, 0.15) is 0 Å². The van der Waals surface area contributed by atoms with Gasteiger partial charge in [0.2, 0.25) is 11.8 Å². The quantitative estimate of drug-likeness (QED) is 0.479. The molecule has 3 atom stereocenters. The second-order valence-electron chi connectivity index (χ2n) is 12.2. The zero-order valence-corrected chi connectivity index (χ0v) is 24.3. The Balaban J connectivity index is 0.00000156. The van der Waals surface area contributed by atoms with Crippen LogP contribution in [-0.2, 0) is 9.59 Å². The van der Waals surface area contributed by atoms with Gasteiger partial charge in [0.15, 0.2) is 0 Å². The summed E-state index contributed by atoms with van der Waals surface area (Å²) in [4.78, 5) is 31.3. The monoisotopic (exact) mass is 536 g/mol. The second-order valence-corrected chi connectivity index (χ2v) is 12.8. The zero-order chi connectivity index (χ0) is 26.2. The van der Waals surface area contributed by atoms with Gasteiger partial charge in [-0.2, -0.15) is 0 Å². The summed E-state index contributed by atoms with van der Waals surface area (Å²) in [6.07, 6.45) is 14.8. The molecule has 0 spiro atoms. The van der Waals surface area contributed by atoms with Gasteiger partial charge in [0.05, 0.1) is 6.04 Å². The highest BCUT2D eigenvalue weighted by Gasteiger charge is 2.47. The van der Waals surface area contributed by atoms with E-state index in [1.54, 1.807) is 0 Å². The highest BCUT2D eigenvalue weighted by Crippen LogP contribution is 2.42. The highest BCUT2D eigenvalue weighted by molar-refractivity contribution is 6.20. The van der Waals surface area contributed by atoms with Crippen molar-refractivity contribution in [3.8, 4) is 0 Å². The zero-order valence-electron chi connectivity index (χ0n) is 23.6. The van der Waals surface area contributed by atoms with E-state index >= 15 is 0 Å². The molecular formula is C30H53ClN4O2. The summed E-state index contributed by atoms with van der Waals surface area (Å²) in [7, 11) is 0. The molecule has 7 heteroatoms. The summed E-state index contributed by atoms with van der Waals surface area (Å²) in [5, 5.41) is 6.96. The van der Waals surface area contributed by atoms with Gasteiger partial charge in [-0.15, -0.1) is 11.6 Å². The van der Waals surface area contributed by atoms with E-state index in [-0.39, 0.29) is 17.9 Å². The molecule has 5 rings (SSSR count). The first-order valence-electron chi connectivity index (χ1n) is 15.8. The van der Waals surface area contributed by atoms with E-state index < -0.39 is 0 Å². The first-order valence-corrected chi connectivity index (χ1v) is 16.2. The molecule has 2 aliphatic carbocycles. The number of hydrogen-bond acceptors (Lipinski definition) is 4. The van der Waals surface area contributed by atoms with Gasteiger partial charge in [0, 0.05) is 43.5 Å². The van der Waals surface area contributed by atoms with Gasteiger partial charge in [-0.1, -0.05) is 26.7 Å². The molecule has 3 saturated heterocycles. The summed E-state index contributed by atoms with van der Waals surface area (Å²) in [5.74, 6) is 2.61. The summed E-state index contributed by atoms with van der Waals surface area (Å²) in [5.41, 5.74) is 0. The van der Waals surface area contributed by atoms with E-state index in [2.05, 4.69) is 20.4 Å². The SMILES string of the molecule is CC.O=C(NCC1CCNCC1)C1CCN(C(=O)C2CC3CCCCC3N2CC2CCC(Cl)CC2)CC1. The Bertz CT molecular complexity index is 714. The van der Waals surface area contributed by atoms with Crippen LogP contribution >= 0.6 is 11.6 Å². The number of carbonyl (C=O) groups is 2. The van der Waals surface area contributed by atoms with Crippen LogP contribution in [-0.4, -0.2) is 78.3 Å². The lowest BCUT2D eigenvalue weighted by Crippen LogP contribution is -2.52. The average molecular weight is 537 g/mol. The van der Waals surface area contributed by atoms with Crippen molar-refractivity contribution >= 4 is 23.4 Å². The van der Waals surface area contributed by atoms with E-state index in [0.29, 0.717) is 35.1 Å². The van der Waals surface area contributed by atoms with Crippen LogP contribution in [0.4, 0.5) is 0 Å². The first kappa shape index (κ1) is 29.1. The van der Waals surface area contributed by atoms with Crippen LogP contribution in [0.1, 0.15) is 97.3 Å². The molecule has 0 aromatic heterocycles. The third-order valence-corrected chi connectivity index (χ3v) is 10.4. The smallest absolute Gasteiger partial charge is 0.239 e. The molecule has 6 nitrogen and oxygen atoms in total. The molecule has 212 valence electrons. The number of halogens is 1. The topological polar surface area (TPSA) is 64.7 Å². The molecule has 5 fully saturated rings. The Morgan fingerprint density at radius 2 is 1.54 bits per heavy atom. The second kappa shape index (κ2) is 14.5. The van der Waals surface area contributed by atoms with Crippen LogP contribution in [0, 0.1) is 23.7 Å². The average Bonchev–Trinajstić information content (AvgIpc) is 3.32. The maximum Gasteiger partial charge on any atom is 0.239 e. The minimum atomic E-state index is 0.0575. The van der Waals surface area contributed by atoms with Crippen molar-refractivity contribution < 1.29 is 9.59 Å². The molecule has 2 amide bonds. The maximum absolute atomic E-state index is 13.8. The molecule has 0 bridgehead atoms. The van der Waals surface area contributed by atoms with E-state index in [1.165, 1.54) is 38.5 Å². The molecule has 37 heavy (non-hydrogen) atoms. The molecule has 3 unspecified atom stereocenters. The predicted molar refractivity (Wildman–Crippen MR) is 152 cm³/mol. The Morgan fingerprint density at radius 3 is 2.24 bits per heavy atom. The lowest BCUT2D eigenvalue weighted by Gasteiger charge is -2.39. The number of nitrogens with one attached hydrogen (secondary N) is 2. The van der Waals surface area contributed by atoms with E-state index in [4.69, 9.17) is 11.6 Å². The Labute approximate surface area is 231 Å². The van der Waals surface area contributed by atoms with Gasteiger partial charge in [0.25, 0.3) is 0 Å². The van der Waals surface area contributed by atoms with Crippen LogP contribution in [0.2, 0.25) is 0 Å². The minimum absolute atomic E-state index is 0.0575. The van der Waals surface area contributed by atoms with Gasteiger partial charge in [-0.05, 0) is 101 Å². The van der Waals surface area contributed by atoms with Gasteiger partial charge in [-0.25, -0.2) is 0 Å². The van der Waals surface area contributed by atoms with Crippen molar-refractivity contribution in [2.24, 2.45) is 23.7 Å². The normalized spacial score (nSPS) is 33.8. The lowest BCUT2D eigenvalue weighted by molar-refractivity contribution is -0.140. The van der Waals surface area contributed by atoms with Crippen molar-refractivity contribution in [2.45, 2.75) is 115 Å². The predicted octanol–water partition coefficient (Wildman–Crippen LogP) is 4.80. The Hall–Kier alpha value is -0.850. The van der Waals surface area contributed by atoms with Crippen LogP contribution in [0.5, 0.6) is 0 Å². The number of alkyl halides is 1. The van der Waals surface area contributed by atoms with E-state index in [0.717, 1.165) is 84.2 Å². The third-order valence-electron chi connectivity index (χ3n) is 9.95. The van der Waals surface area contributed by atoms with E-state index in [9.17, 15) is 9.59 Å². The molecule has 0 aromatic rings. The number of nitrogens with zero attached hydrogens (tertiary/aromatic N) is 2. The minimum Gasteiger partial charge on any atom is -0.356 e. The highest BCUT2D eigenvalue weighted by atomic mass is 35.5. The summed E-state index contributed by atoms with van der Waals surface area (Å²) in [6, 6.07) is 0.659. The lowest BCUT2D eigenvalue weighted by atomic mass is 9.84.